The van der Waals surface area contributed by atoms with Crippen molar-refractivity contribution >= 4 is 17.2 Å². The highest BCUT2D eigenvalue weighted by Crippen LogP contribution is 2.18. The number of aromatic carboxylic acids is 1. The molecule has 0 saturated heterocycles. The van der Waals surface area contributed by atoms with Gasteiger partial charge >= 0.3 is 5.97 Å². The first-order chi connectivity index (χ1) is 10.1. The molecule has 0 atom stereocenters. The molecule has 1 aromatic carbocycles. The first-order valence-corrected chi connectivity index (χ1v) is 6.33. The summed E-state index contributed by atoms with van der Waals surface area (Å²) in [7, 11) is 0. The first kappa shape index (κ1) is 13.1. The van der Waals surface area contributed by atoms with Gasteiger partial charge in [0.05, 0.1) is 23.0 Å². The van der Waals surface area contributed by atoms with Crippen LogP contribution < -0.4 is 5.32 Å². The van der Waals surface area contributed by atoms with Crippen molar-refractivity contribution in [3.8, 4) is 0 Å². The van der Waals surface area contributed by atoms with Gasteiger partial charge in [0.1, 0.15) is 5.82 Å². The normalized spacial score (nSPS) is 10.7. The third-order valence-electron chi connectivity index (χ3n) is 3.19. The maximum absolute atomic E-state index is 13.7. The second-order valence-electron chi connectivity index (χ2n) is 4.55. The molecule has 6 heteroatoms. The highest BCUT2D eigenvalue weighted by Gasteiger charge is 2.09. The van der Waals surface area contributed by atoms with Crippen LogP contribution in [0.5, 0.6) is 0 Å². The van der Waals surface area contributed by atoms with Crippen LogP contribution in [0.4, 0.5) is 10.1 Å². The molecule has 0 saturated carbocycles. The molecule has 0 radical (unpaired) electrons. The lowest BCUT2D eigenvalue weighted by Crippen LogP contribution is -2.04. The van der Waals surface area contributed by atoms with E-state index in [1.807, 2.05) is 24.4 Å². The number of benzene rings is 1. The van der Waals surface area contributed by atoms with E-state index >= 15 is 0 Å². The number of anilines is 1. The fourth-order valence-corrected chi connectivity index (χ4v) is 2.11. The molecule has 0 bridgehead atoms. The fourth-order valence-electron chi connectivity index (χ4n) is 2.11. The highest BCUT2D eigenvalue weighted by atomic mass is 19.1. The summed E-state index contributed by atoms with van der Waals surface area (Å²) < 4.78 is 15.4. The quantitative estimate of drug-likeness (QED) is 0.773. The van der Waals surface area contributed by atoms with Gasteiger partial charge in [0.2, 0.25) is 0 Å². The summed E-state index contributed by atoms with van der Waals surface area (Å²) in [5, 5.41) is 16.0. The lowest BCUT2D eigenvalue weighted by molar-refractivity contribution is 0.0697. The Morgan fingerprint density at radius 3 is 3.00 bits per heavy atom. The third-order valence-corrected chi connectivity index (χ3v) is 3.19. The van der Waals surface area contributed by atoms with E-state index in [9.17, 15) is 9.18 Å². The Balaban J connectivity index is 1.84. The first-order valence-electron chi connectivity index (χ1n) is 6.33. The van der Waals surface area contributed by atoms with Crippen molar-refractivity contribution in [2.75, 3.05) is 5.32 Å². The van der Waals surface area contributed by atoms with E-state index in [0.29, 0.717) is 6.54 Å². The standard InChI is InChI=1S/C15H12FN3O2/c16-12-5-4-10(15(20)21)7-13(12)17-8-11-9-18-19-6-2-1-3-14(11)19/h1-7,9,17H,8H2,(H,20,21). The number of hydrogen-bond donors (Lipinski definition) is 2. The van der Waals surface area contributed by atoms with Crippen LogP contribution in [0.3, 0.4) is 0 Å². The van der Waals surface area contributed by atoms with Crippen molar-refractivity contribution in [1.29, 1.82) is 0 Å². The summed E-state index contributed by atoms with van der Waals surface area (Å²) in [6.45, 7) is 0.355. The third kappa shape index (κ3) is 2.55. The molecule has 0 aliphatic rings. The average Bonchev–Trinajstić information content (AvgIpc) is 2.89. The number of fused-ring (bicyclic) bond motifs is 1. The summed E-state index contributed by atoms with van der Waals surface area (Å²) in [6.07, 6.45) is 3.52. The molecule has 106 valence electrons. The number of carboxylic acids is 1. The minimum Gasteiger partial charge on any atom is -0.478 e. The molecule has 5 nitrogen and oxygen atoms in total. The van der Waals surface area contributed by atoms with Crippen molar-refractivity contribution < 1.29 is 14.3 Å². The Bertz CT molecular complexity index is 814. The highest BCUT2D eigenvalue weighted by molar-refractivity contribution is 5.88. The van der Waals surface area contributed by atoms with Crippen molar-refractivity contribution in [3.05, 3.63) is 65.7 Å². The minimum absolute atomic E-state index is 0.0405. The lowest BCUT2D eigenvalue weighted by atomic mass is 10.2. The molecule has 0 spiro atoms. The minimum atomic E-state index is -1.09. The van der Waals surface area contributed by atoms with E-state index in [-0.39, 0.29) is 11.3 Å². The van der Waals surface area contributed by atoms with E-state index in [4.69, 9.17) is 5.11 Å². The molecule has 2 heterocycles. The van der Waals surface area contributed by atoms with E-state index in [2.05, 4.69) is 10.4 Å². The molecule has 0 amide bonds. The van der Waals surface area contributed by atoms with E-state index in [1.54, 1.807) is 10.7 Å². The van der Waals surface area contributed by atoms with Crippen LogP contribution in [0.2, 0.25) is 0 Å². The molecule has 21 heavy (non-hydrogen) atoms. The summed E-state index contributed by atoms with van der Waals surface area (Å²) >= 11 is 0. The predicted molar refractivity (Wildman–Crippen MR) is 75.9 cm³/mol. The van der Waals surface area contributed by atoms with E-state index < -0.39 is 11.8 Å². The number of carboxylic acid groups (broad SMARTS) is 1. The zero-order valence-corrected chi connectivity index (χ0v) is 11.0. The summed E-state index contributed by atoms with van der Waals surface area (Å²) in [5.74, 6) is -1.58. The number of halogens is 1. The van der Waals surface area contributed by atoms with Crippen LogP contribution in [-0.2, 0) is 6.54 Å². The second kappa shape index (κ2) is 5.24. The van der Waals surface area contributed by atoms with E-state index in [1.165, 1.54) is 12.1 Å². The largest absolute Gasteiger partial charge is 0.478 e. The van der Waals surface area contributed by atoms with Crippen LogP contribution in [-0.4, -0.2) is 20.7 Å². The SMILES string of the molecule is O=C(O)c1ccc(F)c(NCc2cnn3ccccc23)c1. The topological polar surface area (TPSA) is 66.6 Å². The maximum atomic E-state index is 13.7. The smallest absolute Gasteiger partial charge is 0.335 e. The molecule has 0 fully saturated rings. The summed E-state index contributed by atoms with van der Waals surface area (Å²) in [6, 6.07) is 9.33. The summed E-state index contributed by atoms with van der Waals surface area (Å²) in [4.78, 5) is 10.9. The second-order valence-corrected chi connectivity index (χ2v) is 4.55. The van der Waals surface area contributed by atoms with Crippen LogP contribution in [0.25, 0.3) is 5.52 Å². The Morgan fingerprint density at radius 1 is 1.33 bits per heavy atom. The van der Waals surface area contributed by atoms with Gasteiger partial charge < -0.3 is 10.4 Å². The lowest BCUT2D eigenvalue weighted by Gasteiger charge is -2.07. The van der Waals surface area contributed by atoms with Gasteiger partial charge in [-0.3, -0.25) is 0 Å². The van der Waals surface area contributed by atoms with Gasteiger partial charge in [-0.2, -0.15) is 5.10 Å². The number of rotatable bonds is 4. The molecule has 0 aliphatic carbocycles. The molecular formula is C15H12FN3O2. The van der Waals surface area contributed by atoms with Crippen molar-refractivity contribution in [1.82, 2.24) is 9.61 Å². The maximum Gasteiger partial charge on any atom is 0.335 e. The molecular weight excluding hydrogens is 273 g/mol. The van der Waals surface area contributed by atoms with Crippen molar-refractivity contribution in [3.63, 3.8) is 0 Å². The Kier molecular flexibility index (Phi) is 3.27. The number of hydrogen-bond acceptors (Lipinski definition) is 3. The van der Waals surface area contributed by atoms with Crippen molar-refractivity contribution in [2.24, 2.45) is 0 Å². The number of pyridine rings is 1. The van der Waals surface area contributed by atoms with Gasteiger partial charge in [-0.05, 0) is 30.3 Å². The average molecular weight is 285 g/mol. The van der Waals surface area contributed by atoms with Gasteiger partial charge in [0.15, 0.2) is 0 Å². The number of aromatic nitrogens is 2. The Labute approximate surface area is 119 Å². The molecule has 0 unspecified atom stereocenters. The zero-order valence-electron chi connectivity index (χ0n) is 11.0. The van der Waals surface area contributed by atoms with Gasteiger partial charge in [-0.15, -0.1) is 0 Å². The zero-order chi connectivity index (χ0) is 14.8. The molecule has 3 aromatic rings. The molecule has 2 aromatic heterocycles. The number of nitrogens with zero attached hydrogens (tertiary/aromatic N) is 2. The van der Waals surface area contributed by atoms with Crippen molar-refractivity contribution in [2.45, 2.75) is 6.54 Å². The Hall–Kier alpha value is -2.89. The molecule has 3 rings (SSSR count). The monoisotopic (exact) mass is 285 g/mol. The van der Waals surface area contributed by atoms with Gasteiger partial charge in [-0.25, -0.2) is 13.7 Å². The van der Waals surface area contributed by atoms with Crippen LogP contribution in [0.15, 0.2) is 48.8 Å². The van der Waals surface area contributed by atoms with Crippen LogP contribution in [0.1, 0.15) is 15.9 Å². The number of nitrogens with one attached hydrogen (secondary N) is 1. The summed E-state index contributed by atoms with van der Waals surface area (Å²) in [5.41, 5.74) is 2.01. The Morgan fingerprint density at radius 2 is 2.19 bits per heavy atom. The predicted octanol–water partition coefficient (Wildman–Crippen LogP) is 2.78. The van der Waals surface area contributed by atoms with Gasteiger partial charge in [-0.1, -0.05) is 6.07 Å². The molecule has 2 N–H and O–H groups in total. The number of carbonyl (C=O) groups is 1. The van der Waals surface area contributed by atoms with E-state index in [0.717, 1.165) is 17.1 Å². The van der Waals surface area contributed by atoms with Crippen LogP contribution >= 0.6 is 0 Å². The molecule has 0 aliphatic heterocycles. The van der Waals surface area contributed by atoms with Crippen LogP contribution in [0, 0.1) is 5.82 Å². The van der Waals surface area contributed by atoms with Gasteiger partial charge in [0, 0.05) is 18.3 Å². The van der Waals surface area contributed by atoms with Gasteiger partial charge in [0.25, 0.3) is 0 Å². The fraction of sp³-hybridized carbons (Fsp3) is 0.0667.